The van der Waals surface area contributed by atoms with Crippen molar-refractivity contribution < 1.29 is 13.6 Å². The molecule has 1 aliphatic heterocycles. The van der Waals surface area contributed by atoms with Gasteiger partial charge in [0, 0.05) is 44.4 Å². The Balaban J connectivity index is 1.60. The Kier molecular flexibility index (Phi) is 8.22. The Morgan fingerprint density at radius 1 is 1.23 bits per heavy atom. The Morgan fingerprint density at radius 3 is 2.80 bits per heavy atom. The predicted octanol–water partition coefficient (Wildman–Crippen LogP) is 3.73. The van der Waals surface area contributed by atoms with E-state index >= 15 is 0 Å². The van der Waals surface area contributed by atoms with Gasteiger partial charge in [0.05, 0.1) is 6.26 Å². The maximum absolute atomic E-state index is 14.0. The van der Waals surface area contributed by atoms with Crippen LogP contribution < -0.4 is 0 Å². The number of carbonyl (C=O) groups is 1. The molecule has 1 saturated heterocycles. The molecule has 0 spiro atoms. The third-order valence-electron chi connectivity index (χ3n) is 5.50. The highest BCUT2D eigenvalue weighted by molar-refractivity contribution is 5.91. The molecule has 6 heteroatoms. The average Bonchev–Trinajstić information content (AvgIpc) is 3.25. The Hall–Kier alpha value is -2.44. The fourth-order valence-electron chi connectivity index (χ4n) is 3.88. The Bertz CT molecular complexity index is 820. The summed E-state index contributed by atoms with van der Waals surface area (Å²) in [6.07, 6.45) is 7.06. The molecule has 2 heterocycles. The number of likely N-dealkylation sites (N-methyl/N-ethyl adjacent to an activating group) is 1. The van der Waals surface area contributed by atoms with Crippen LogP contribution in [0.15, 0.2) is 53.2 Å². The van der Waals surface area contributed by atoms with E-state index in [2.05, 4.69) is 9.80 Å². The van der Waals surface area contributed by atoms with Crippen LogP contribution in [0.5, 0.6) is 0 Å². The highest BCUT2D eigenvalue weighted by Crippen LogP contribution is 2.21. The molecule has 0 radical (unpaired) electrons. The number of halogens is 1. The Labute approximate surface area is 178 Å². The first kappa shape index (κ1) is 22.2. The van der Waals surface area contributed by atoms with Gasteiger partial charge in [-0.2, -0.15) is 0 Å². The van der Waals surface area contributed by atoms with E-state index < -0.39 is 0 Å². The largest absolute Gasteiger partial charge is 0.465 e. The van der Waals surface area contributed by atoms with E-state index in [0.717, 1.165) is 38.0 Å². The number of hydrogen-bond donors (Lipinski definition) is 0. The highest BCUT2D eigenvalue weighted by Gasteiger charge is 2.24. The van der Waals surface area contributed by atoms with Crippen molar-refractivity contribution in [1.82, 2.24) is 14.7 Å². The van der Waals surface area contributed by atoms with Gasteiger partial charge in [-0.15, -0.1) is 0 Å². The second-order valence-electron chi connectivity index (χ2n) is 8.27. The first-order valence-corrected chi connectivity index (χ1v) is 10.6. The van der Waals surface area contributed by atoms with Crippen molar-refractivity contribution >= 4 is 12.0 Å². The lowest BCUT2D eigenvalue weighted by Gasteiger charge is -2.36. The number of likely N-dealkylation sites (tertiary alicyclic amines) is 1. The molecule has 1 atom stereocenters. The monoisotopic (exact) mass is 413 g/mol. The molecule has 0 bridgehead atoms. The van der Waals surface area contributed by atoms with E-state index in [1.165, 1.54) is 6.07 Å². The molecule has 0 N–H and O–H groups in total. The molecule has 0 saturated carbocycles. The van der Waals surface area contributed by atoms with Gasteiger partial charge in [0.1, 0.15) is 11.6 Å². The van der Waals surface area contributed by atoms with Crippen LogP contribution in [0.25, 0.3) is 6.08 Å². The van der Waals surface area contributed by atoms with Gasteiger partial charge >= 0.3 is 0 Å². The number of hydrogen-bond acceptors (Lipinski definition) is 4. The summed E-state index contributed by atoms with van der Waals surface area (Å²) in [5.74, 6) is 0.906. The number of amides is 1. The summed E-state index contributed by atoms with van der Waals surface area (Å²) in [5, 5.41) is 0. The van der Waals surface area contributed by atoms with Gasteiger partial charge in [0.2, 0.25) is 5.91 Å². The van der Waals surface area contributed by atoms with Gasteiger partial charge in [0.15, 0.2) is 0 Å². The minimum atomic E-state index is -0.148. The molecule has 1 amide bonds. The van der Waals surface area contributed by atoms with Gasteiger partial charge in [-0.3, -0.25) is 9.69 Å². The van der Waals surface area contributed by atoms with Crippen molar-refractivity contribution in [2.45, 2.75) is 19.4 Å². The maximum Gasteiger partial charge on any atom is 0.246 e. The number of carbonyl (C=O) groups excluding carboxylic acids is 1. The molecule has 2 aromatic rings. The van der Waals surface area contributed by atoms with Crippen LogP contribution in [0.4, 0.5) is 4.39 Å². The molecule has 3 rings (SSSR count). The summed E-state index contributed by atoms with van der Waals surface area (Å²) in [4.78, 5) is 19.2. The summed E-state index contributed by atoms with van der Waals surface area (Å²) in [5.41, 5.74) is 0.736. The van der Waals surface area contributed by atoms with Crippen LogP contribution in [-0.2, 0) is 11.3 Å². The van der Waals surface area contributed by atoms with Gasteiger partial charge in [-0.1, -0.05) is 18.2 Å². The van der Waals surface area contributed by atoms with Gasteiger partial charge in [-0.25, -0.2) is 4.39 Å². The molecule has 1 aromatic carbocycles. The second kappa shape index (κ2) is 11.1. The topological polar surface area (TPSA) is 39.9 Å². The van der Waals surface area contributed by atoms with E-state index in [1.807, 2.05) is 37.2 Å². The number of rotatable bonds is 9. The lowest BCUT2D eigenvalue weighted by molar-refractivity contribution is -0.127. The second-order valence-corrected chi connectivity index (χ2v) is 8.27. The van der Waals surface area contributed by atoms with Crippen LogP contribution in [0, 0.1) is 11.7 Å². The van der Waals surface area contributed by atoms with Gasteiger partial charge in [-0.05, 0) is 63.7 Å². The summed E-state index contributed by atoms with van der Waals surface area (Å²) in [6.45, 7) is 4.66. The average molecular weight is 414 g/mol. The number of piperidine rings is 1. The van der Waals surface area contributed by atoms with E-state index in [0.29, 0.717) is 31.3 Å². The standard InChI is InChI=1S/C24H32FN3O2/c1-26(2)14-15-28(24(29)12-11-22-9-6-16-30-22)18-20-7-5-13-27(17-20)19-21-8-3-4-10-23(21)25/h3-4,6,8-12,16,20H,5,7,13-15,17-19H2,1-2H3. The lowest BCUT2D eigenvalue weighted by Crippen LogP contribution is -2.44. The summed E-state index contributed by atoms with van der Waals surface area (Å²) < 4.78 is 19.3. The molecule has 1 aromatic heterocycles. The molecule has 1 fully saturated rings. The minimum absolute atomic E-state index is 0.000484. The molecular formula is C24H32FN3O2. The zero-order chi connectivity index (χ0) is 21.3. The van der Waals surface area contributed by atoms with E-state index in [1.54, 1.807) is 30.5 Å². The van der Waals surface area contributed by atoms with Crippen LogP contribution in [0.1, 0.15) is 24.2 Å². The lowest BCUT2D eigenvalue weighted by atomic mass is 9.96. The van der Waals surface area contributed by atoms with Gasteiger partial charge < -0.3 is 14.2 Å². The highest BCUT2D eigenvalue weighted by atomic mass is 19.1. The molecule has 30 heavy (non-hydrogen) atoms. The predicted molar refractivity (Wildman–Crippen MR) is 117 cm³/mol. The fraction of sp³-hybridized carbons (Fsp3) is 0.458. The third kappa shape index (κ3) is 6.82. The molecule has 1 unspecified atom stereocenters. The SMILES string of the molecule is CN(C)CCN(CC1CCCN(Cc2ccccc2F)C1)C(=O)C=Cc1ccco1. The van der Waals surface area contributed by atoms with E-state index in [-0.39, 0.29) is 11.7 Å². The normalized spacial score (nSPS) is 17.7. The molecule has 1 aliphatic rings. The van der Waals surface area contributed by atoms with E-state index in [4.69, 9.17) is 4.42 Å². The van der Waals surface area contributed by atoms with Crippen molar-refractivity contribution in [3.63, 3.8) is 0 Å². The number of furan rings is 1. The fourth-order valence-corrected chi connectivity index (χ4v) is 3.88. The molecule has 0 aliphatic carbocycles. The zero-order valence-corrected chi connectivity index (χ0v) is 18.0. The summed E-state index contributed by atoms with van der Waals surface area (Å²) in [6, 6.07) is 10.6. The van der Waals surface area contributed by atoms with Crippen molar-refractivity contribution in [3.05, 3.63) is 65.9 Å². The zero-order valence-electron chi connectivity index (χ0n) is 18.0. The third-order valence-corrected chi connectivity index (χ3v) is 5.50. The van der Waals surface area contributed by atoms with Crippen molar-refractivity contribution in [1.29, 1.82) is 0 Å². The molecule has 162 valence electrons. The maximum atomic E-state index is 14.0. The Morgan fingerprint density at radius 2 is 2.07 bits per heavy atom. The van der Waals surface area contributed by atoms with Crippen molar-refractivity contribution in [2.24, 2.45) is 5.92 Å². The number of benzene rings is 1. The quantitative estimate of drug-likeness (QED) is 0.588. The molecule has 5 nitrogen and oxygen atoms in total. The minimum Gasteiger partial charge on any atom is -0.465 e. The summed E-state index contributed by atoms with van der Waals surface area (Å²) >= 11 is 0. The van der Waals surface area contributed by atoms with Crippen LogP contribution >= 0.6 is 0 Å². The van der Waals surface area contributed by atoms with Crippen molar-refractivity contribution in [3.8, 4) is 0 Å². The van der Waals surface area contributed by atoms with Crippen molar-refractivity contribution in [2.75, 3.05) is 46.8 Å². The van der Waals surface area contributed by atoms with Crippen LogP contribution in [0.3, 0.4) is 0 Å². The first-order valence-electron chi connectivity index (χ1n) is 10.6. The van der Waals surface area contributed by atoms with Crippen LogP contribution in [-0.4, -0.2) is 67.4 Å². The number of nitrogens with zero attached hydrogens (tertiary/aromatic N) is 3. The smallest absolute Gasteiger partial charge is 0.246 e. The van der Waals surface area contributed by atoms with E-state index in [9.17, 15) is 9.18 Å². The molecular weight excluding hydrogens is 381 g/mol. The van der Waals surface area contributed by atoms with Crippen LogP contribution in [0.2, 0.25) is 0 Å². The first-order chi connectivity index (χ1) is 14.5. The summed E-state index contributed by atoms with van der Waals surface area (Å²) in [7, 11) is 4.02. The van der Waals surface area contributed by atoms with Gasteiger partial charge in [0.25, 0.3) is 0 Å².